The van der Waals surface area contributed by atoms with E-state index >= 15 is 0 Å². The summed E-state index contributed by atoms with van der Waals surface area (Å²) in [6.07, 6.45) is 76.1. The van der Waals surface area contributed by atoms with Gasteiger partial charge in [0.25, 0.3) is 0 Å². The molecule has 0 saturated carbocycles. The number of quaternary nitrogens is 1. The van der Waals surface area contributed by atoms with Crippen molar-refractivity contribution < 1.29 is 37.3 Å². The predicted molar refractivity (Wildman–Crippen MR) is 341 cm³/mol. The smallest absolute Gasteiger partial charge is 0.456 e. The zero-order chi connectivity index (χ0) is 57.9. The lowest BCUT2D eigenvalue weighted by molar-refractivity contribution is -0.870. The minimum atomic E-state index is -4.46. The third-order valence-corrected chi connectivity index (χ3v) is 15.6. The number of allylic oxidation sites excluding steroid dienone is 11. The van der Waals surface area contributed by atoms with Crippen LogP contribution in [-0.2, 0) is 27.9 Å². The molecule has 0 aromatic heterocycles. The van der Waals surface area contributed by atoms with E-state index in [1.807, 2.05) is 33.3 Å². The quantitative estimate of drug-likeness (QED) is 0.0205. The molecule has 10 heteroatoms. The summed E-state index contributed by atoms with van der Waals surface area (Å²) in [5, 5.41) is 3.05. The molecule has 0 radical (unpaired) electrons. The van der Waals surface area contributed by atoms with E-state index in [0.717, 1.165) is 89.9 Å². The Labute approximate surface area is 489 Å². The highest BCUT2D eigenvalue weighted by Gasteiger charge is 2.30. The highest BCUT2D eigenvalue weighted by molar-refractivity contribution is 7.47. The summed E-state index contributed by atoms with van der Waals surface area (Å²) in [5.74, 6) is -0.525. The van der Waals surface area contributed by atoms with Crippen molar-refractivity contribution in [3.63, 3.8) is 0 Å². The van der Waals surface area contributed by atoms with Crippen LogP contribution in [0.25, 0.3) is 0 Å². The van der Waals surface area contributed by atoms with Gasteiger partial charge in [0, 0.05) is 12.8 Å². The summed E-state index contributed by atoms with van der Waals surface area (Å²) in [7, 11) is 1.48. The molecular weight excluding hydrogens is 1000 g/mol. The maximum atomic E-state index is 13.6. The van der Waals surface area contributed by atoms with Crippen LogP contribution >= 0.6 is 7.82 Å². The van der Waals surface area contributed by atoms with E-state index in [1.54, 1.807) is 0 Å². The van der Waals surface area contributed by atoms with Crippen LogP contribution in [0, 0.1) is 0 Å². The molecule has 460 valence electrons. The Morgan fingerprint density at radius 1 is 0.443 bits per heavy atom. The van der Waals surface area contributed by atoms with Gasteiger partial charge in [0.15, 0.2) is 0 Å². The minimum absolute atomic E-state index is 0.0340. The monoisotopic (exact) mass is 1130 g/mol. The van der Waals surface area contributed by atoms with Gasteiger partial charge in [-0.3, -0.25) is 18.6 Å². The number of likely N-dealkylation sites (N-methyl/N-ethyl adjacent to an activating group) is 1. The molecule has 0 bridgehead atoms. The van der Waals surface area contributed by atoms with Crippen molar-refractivity contribution in [1.82, 2.24) is 5.32 Å². The predicted octanol–water partition coefficient (Wildman–Crippen LogP) is 20.8. The molecule has 0 heterocycles. The van der Waals surface area contributed by atoms with E-state index in [9.17, 15) is 19.0 Å². The number of rotatable bonds is 60. The zero-order valence-electron chi connectivity index (χ0n) is 52.6. The van der Waals surface area contributed by atoms with Gasteiger partial charge < -0.3 is 19.4 Å². The first-order chi connectivity index (χ1) is 38.4. The molecule has 2 N–H and O–H groups in total. The highest BCUT2D eigenvalue weighted by atomic mass is 31.2. The van der Waals surface area contributed by atoms with Crippen molar-refractivity contribution in [3.05, 3.63) is 72.9 Å². The molecule has 79 heavy (non-hydrogen) atoms. The molecule has 9 nitrogen and oxygen atoms in total. The maximum absolute atomic E-state index is 13.6. The van der Waals surface area contributed by atoms with Gasteiger partial charge in [-0.1, -0.05) is 261 Å². The van der Waals surface area contributed by atoms with E-state index in [0.29, 0.717) is 17.4 Å². The van der Waals surface area contributed by atoms with Crippen LogP contribution < -0.4 is 5.32 Å². The fraction of sp³-hybridized carbons (Fsp3) is 0.797. The molecule has 3 atom stereocenters. The largest absolute Gasteiger partial charge is 0.472 e. The number of nitrogens with one attached hydrogen (secondary N) is 1. The highest BCUT2D eigenvalue weighted by Crippen LogP contribution is 2.43. The van der Waals surface area contributed by atoms with E-state index in [-0.39, 0.29) is 31.5 Å². The molecule has 3 unspecified atom stereocenters. The number of carbonyl (C=O) groups is 2. The summed E-state index contributed by atoms with van der Waals surface area (Å²) in [4.78, 5) is 37.8. The number of phosphoric ester groups is 1. The second-order valence-corrected chi connectivity index (χ2v) is 25.1. The average molecular weight is 1130 g/mol. The standard InChI is InChI=1S/C69H127N2O7P/c1-7-10-13-16-19-22-25-28-30-32-33-34-35-36-37-39-41-44-47-50-53-56-59-62-69(73)78-67(60-57-54-51-48-45-42-27-24-21-18-15-12-9-3)66(65-77-79(74,75)76-64-63-71(4,5)6)70-68(72)61-58-55-52-49-46-43-40-38-31-29-26-23-20-17-14-11-8-2/h19-20,22-23,28-31,40,43,57,60,66-67H,7-18,21,24-27,32-39,41-42,44-56,58-59,61-65H2,1-6H3,(H-,70,72,74,75)/p+1/b22-19-,23-20-,30-28-,31-29-,43-40-,60-57-. The number of nitrogens with zero attached hydrogens (tertiary/aromatic N) is 1. The molecular formula is C69H128N2O7P+. The fourth-order valence-corrected chi connectivity index (χ4v) is 10.2. The van der Waals surface area contributed by atoms with E-state index in [4.69, 9.17) is 13.8 Å². The lowest BCUT2D eigenvalue weighted by Gasteiger charge is -2.27. The molecule has 0 spiro atoms. The number of carbonyl (C=O) groups excluding carboxylic acids is 2. The maximum Gasteiger partial charge on any atom is 0.472 e. The van der Waals surface area contributed by atoms with E-state index in [2.05, 4.69) is 86.8 Å². The van der Waals surface area contributed by atoms with Crippen LogP contribution in [0.15, 0.2) is 72.9 Å². The lowest BCUT2D eigenvalue weighted by atomic mass is 10.0. The third kappa shape index (κ3) is 59.9. The summed E-state index contributed by atoms with van der Waals surface area (Å²) >= 11 is 0. The Bertz CT molecular complexity index is 1580. The number of hydrogen-bond donors (Lipinski definition) is 2. The second kappa shape index (κ2) is 58.6. The van der Waals surface area contributed by atoms with E-state index < -0.39 is 20.0 Å². The van der Waals surface area contributed by atoms with Gasteiger partial charge in [-0.2, -0.15) is 0 Å². The summed E-state index contributed by atoms with van der Waals surface area (Å²) in [6, 6.07) is -0.863. The Hall–Kier alpha value is -2.55. The number of hydrogen-bond acceptors (Lipinski definition) is 6. The summed E-state index contributed by atoms with van der Waals surface area (Å²) in [6.45, 7) is 6.97. The minimum Gasteiger partial charge on any atom is -0.456 e. The van der Waals surface area contributed by atoms with Crippen LogP contribution in [0.4, 0.5) is 0 Å². The van der Waals surface area contributed by atoms with Crippen molar-refractivity contribution >= 4 is 19.7 Å². The van der Waals surface area contributed by atoms with Crippen LogP contribution in [0.2, 0.25) is 0 Å². The first kappa shape index (κ1) is 76.5. The number of unbranched alkanes of at least 4 members (excludes halogenated alkanes) is 34. The normalized spacial score (nSPS) is 14.1. The van der Waals surface area contributed by atoms with Crippen LogP contribution in [0.3, 0.4) is 0 Å². The molecule has 0 fully saturated rings. The van der Waals surface area contributed by atoms with Crippen molar-refractivity contribution in [1.29, 1.82) is 0 Å². The van der Waals surface area contributed by atoms with Crippen molar-refractivity contribution in [2.75, 3.05) is 40.9 Å². The first-order valence-electron chi connectivity index (χ1n) is 33.3. The number of phosphoric acid groups is 1. The SMILES string of the molecule is CCCCC/C=C\C/C=C\C/C=C\CCCCCCC(=O)NC(COP(=O)(O)OCC[N+](C)(C)C)C(/C=C\CCCCCCCCCCCCC)OC(=O)CCCCCCCCCCCCCCC/C=C\C/C=C\CCCCC. The van der Waals surface area contributed by atoms with Gasteiger partial charge in [-0.05, 0) is 102 Å². The summed E-state index contributed by atoms with van der Waals surface area (Å²) < 4.78 is 30.8. The topological polar surface area (TPSA) is 111 Å². The number of amides is 1. The Morgan fingerprint density at radius 3 is 1.18 bits per heavy atom. The Kier molecular flexibility index (Phi) is 56.7. The third-order valence-electron chi connectivity index (χ3n) is 14.6. The van der Waals surface area contributed by atoms with Crippen molar-refractivity contribution in [3.8, 4) is 0 Å². The summed E-state index contributed by atoms with van der Waals surface area (Å²) in [5.41, 5.74) is 0. The molecule has 0 aliphatic carbocycles. The van der Waals surface area contributed by atoms with Crippen LogP contribution in [0.5, 0.6) is 0 Å². The first-order valence-corrected chi connectivity index (χ1v) is 34.8. The Morgan fingerprint density at radius 2 is 0.772 bits per heavy atom. The molecule has 0 aromatic carbocycles. The van der Waals surface area contributed by atoms with Gasteiger partial charge in [0.1, 0.15) is 19.3 Å². The van der Waals surface area contributed by atoms with Gasteiger partial charge in [-0.15, -0.1) is 0 Å². The van der Waals surface area contributed by atoms with Gasteiger partial charge in [0.2, 0.25) is 5.91 Å². The second-order valence-electron chi connectivity index (χ2n) is 23.6. The van der Waals surface area contributed by atoms with Crippen LogP contribution in [-0.4, -0.2) is 74.3 Å². The molecule has 0 rings (SSSR count). The molecule has 0 aromatic rings. The fourth-order valence-electron chi connectivity index (χ4n) is 9.45. The van der Waals surface area contributed by atoms with Crippen molar-refractivity contribution in [2.45, 2.75) is 315 Å². The molecule has 0 aliphatic rings. The van der Waals surface area contributed by atoms with Gasteiger partial charge in [0.05, 0.1) is 33.8 Å². The average Bonchev–Trinajstić information content (AvgIpc) is 3.41. The Balaban J connectivity index is 5.20. The number of ether oxygens (including phenoxy) is 1. The molecule has 0 aliphatic heterocycles. The van der Waals surface area contributed by atoms with Crippen molar-refractivity contribution in [2.24, 2.45) is 0 Å². The molecule has 0 saturated heterocycles. The lowest BCUT2D eigenvalue weighted by Crippen LogP contribution is -2.47. The number of esters is 1. The van der Waals surface area contributed by atoms with Gasteiger partial charge >= 0.3 is 13.8 Å². The van der Waals surface area contributed by atoms with Crippen LogP contribution in [0.1, 0.15) is 303 Å². The van der Waals surface area contributed by atoms with E-state index in [1.165, 1.54) is 180 Å². The zero-order valence-corrected chi connectivity index (χ0v) is 53.5. The van der Waals surface area contributed by atoms with Gasteiger partial charge in [-0.25, -0.2) is 4.57 Å². The molecule has 1 amide bonds.